The van der Waals surface area contributed by atoms with Gasteiger partial charge in [0.25, 0.3) is 5.97 Å². The zero-order valence-electron chi connectivity index (χ0n) is 40.7. The van der Waals surface area contributed by atoms with Gasteiger partial charge in [0.05, 0.1) is 12.1 Å². The van der Waals surface area contributed by atoms with Crippen molar-refractivity contribution in [3.8, 4) is 11.5 Å². The first-order chi connectivity index (χ1) is 28.9. The number of aromatic hydroxyl groups is 2. The fourth-order valence-electron chi connectivity index (χ4n) is 6.69. The zero-order chi connectivity index (χ0) is 46.3. The minimum atomic E-state index is -0.833. The first-order valence-corrected chi connectivity index (χ1v) is 21.7. The van der Waals surface area contributed by atoms with Crippen molar-refractivity contribution in [3.63, 3.8) is 0 Å². The van der Waals surface area contributed by atoms with E-state index in [1.165, 1.54) is 11.1 Å². The molecule has 6 rings (SSSR count). The monoisotopic (exact) mass is 1000 g/mol. The molecule has 4 fully saturated rings. The van der Waals surface area contributed by atoms with E-state index in [2.05, 4.69) is 159 Å². The number of rotatable bonds is 9. The van der Waals surface area contributed by atoms with Crippen molar-refractivity contribution in [2.45, 2.75) is 137 Å². The van der Waals surface area contributed by atoms with E-state index in [0.29, 0.717) is 11.5 Å². The normalized spacial score (nSPS) is 18.0. The molecule has 4 saturated carbocycles. The van der Waals surface area contributed by atoms with Crippen molar-refractivity contribution in [3.05, 3.63) is 185 Å². The maximum atomic E-state index is 11.4. The number of aliphatic imine (C=N–C) groups is 2. The zero-order valence-corrected chi connectivity index (χ0v) is 44.0. The maximum absolute atomic E-state index is 11.4. The van der Waals surface area contributed by atoms with Crippen molar-refractivity contribution < 1.29 is 71.3 Å². The summed E-state index contributed by atoms with van der Waals surface area (Å²) in [6, 6.07) is 8.24. The summed E-state index contributed by atoms with van der Waals surface area (Å²) in [5.41, 5.74) is 5.15. The molecule has 4 aliphatic carbocycles. The van der Waals surface area contributed by atoms with E-state index in [4.69, 9.17) is 19.9 Å². The summed E-state index contributed by atoms with van der Waals surface area (Å²) in [6.07, 6.45) is 42.0. The molecule has 4 aliphatic rings. The molecule has 0 aliphatic heterocycles. The Labute approximate surface area is 430 Å². The van der Waals surface area contributed by atoms with Crippen LogP contribution in [0.1, 0.15) is 136 Å². The van der Waals surface area contributed by atoms with Gasteiger partial charge in [-0.3, -0.25) is 14.8 Å². The van der Waals surface area contributed by atoms with Crippen LogP contribution in [-0.4, -0.2) is 45.8 Å². The third-order valence-corrected chi connectivity index (χ3v) is 10.4. The number of carboxylic acid groups (broad SMARTS) is 1. The van der Waals surface area contributed by atoms with E-state index in [-0.39, 0.29) is 84.9 Å². The summed E-state index contributed by atoms with van der Waals surface area (Å²) in [5.74, 6) is 2.05. The number of benzene rings is 2. The molecule has 2 atom stereocenters. The first-order valence-electron chi connectivity index (χ1n) is 21.7. The predicted molar refractivity (Wildman–Crippen MR) is 260 cm³/mol. The molecule has 21 radical (unpaired) electrons. The van der Waals surface area contributed by atoms with E-state index < -0.39 is 5.97 Å². The van der Waals surface area contributed by atoms with Crippen molar-refractivity contribution >= 4 is 18.4 Å². The van der Waals surface area contributed by atoms with Crippen LogP contribution in [0.4, 0.5) is 0 Å². The van der Waals surface area contributed by atoms with Crippen molar-refractivity contribution in [1.29, 1.82) is 0 Å². The third kappa shape index (κ3) is 22.1. The number of hydrogen-bond donors (Lipinski definition) is 3. The molecule has 3 N–H and O–H groups in total. The van der Waals surface area contributed by atoms with Gasteiger partial charge in [-0.1, -0.05) is 95.2 Å². The second kappa shape index (κ2) is 29.4. The summed E-state index contributed by atoms with van der Waals surface area (Å²) in [5, 5.41) is 30.2. The van der Waals surface area contributed by atoms with Crippen LogP contribution in [0.2, 0.25) is 0 Å². The summed E-state index contributed by atoms with van der Waals surface area (Å²) in [4.78, 5) is 19.3. The molecule has 6 nitrogen and oxygen atoms in total. The molecule has 0 bridgehead atoms. The van der Waals surface area contributed by atoms with Gasteiger partial charge in [-0.2, -0.15) is 0 Å². The van der Waals surface area contributed by atoms with Gasteiger partial charge in [-0.15, -0.1) is 0 Å². The Kier molecular flexibility index (Phi) is 28.7. The second-order valence-electron chi connectivity index (χ2n) is 20.0. The number of nitrogens with zero attached hydrogens (tertiary/aromatic N) is 2. The number of phenolic OH excluding ortho intramolecular Hbond substituents is 2. The number of aliphatic carboxylic acids is 1. The van der Waals surface area contributed by atoms with Gasteiger partial charge in [0.1, 0.15) is 11.5 Å². The molecule has 2 aromatic carbocycles. The van der Waals surface area contributed by atoms with Gasteiger partial charge >= 0.3 is 34.1 Å². The number of carboxylic acids is 1. The second-order valence-corrected chi connectivity index (χ2v) is 20.0. The summed E-state index contributed by atoms with van der Waals surface area (Å²) < 4.78 is 0. The first kappa shape index (κ1) is 63.4. The van der Waals surface area contributed by atoms with Crippen LogP contribution in [0.15, 0.2) is 34.3 Å². The Morgan fingerprint density at radius 1 is 0.492 bits per heavy atom. The summed E-state index contributed by atoms with van der Waals surface area (Å²) >= 11 is 0. The minimum Gasteiger partial charge on any atom is -0.507 e. The molecular weight excluding hydrogens is 931 g/mol. The topological polar surface area (TPSA) is 102 Å². The van der Waals surface area contributed by atoms with Crippen LogP contribution in [0.5, 0.6) is 11.5 Å². The van der Waals surface area contributed by atoms with Crippen molar-refractivity contribution in [2.24, 2.45) is 9.98 Å². The van der Waals surface area contributed by atoms with Crippen LogP contribution in [0, 0.1) is 127 Å². The Morgan fingerprint density at radius 3 is 0.954 bits per heavy atom. The minimum absolute atomic E-state index is 0. The molecule has 2 aromatic rings. The van der Waals surface area contributed by atoms with E-state index in [0.717, 1.165) is 53.9 Å². The van der Waals surface area contributed by atoms with Crippen LogP contribution < -0.4 is 0 Å². The molecule has 0 saturated heterocycles. The summed E-state index contributed by atoms with van der Waals surface area (Å²) in [7, 11) is 0. The molecular formula is C56H72Fe2MnN2O4+4. The Hall–Kier alpha value is -1.59. The largest absolute Gasteiger partial charge is 2.00 e. The average molecular weight is 1000 g/mol. The fourth-order valence-corrected chi connectivity index (χ4v) is 6.69. The molecule has 0 amide bonds. The molecule has 65 heavy (non-hydrogen) atoms. The van der Waals surface area contributed by atoms with Crippen LogP contribution >= 0.6 is 0 Å². The van der Waals surface area contributed by atoms with Crippen molar-refractivity contribution in [2.75, 3.05) is 0 Å². The Balaban J connectivity index is 0.00000206. The number of phenols is 2. The van der Waals surface area contributed by atoms with Gasteiger partial charge in [0.15, 0.2) is 0 Å². The third-order valence-electron chi connectivity index (χ3n) is 10.4. The molecule has 9 heteroatoms. The van der Waals surface area contributed by atoms with Crippen LogP contribution in [0.25, 0.3) is 0 Å². The standard InChI is InChI=1S/C44H58N2O2.2C5H5.C2H4O2.2Fe.Mn/c1-41(2,3)33-23-31(39(47)35(25-33)43(7,8)9)27-45-37(29-17-13-14-18-29)21-22-38(30-19-15-16-20-30)46-28-32-24-34(42(4,5)6)26-36(40(32)48)44(10,11)12;2*1-2-4-5-3-1;1-2(3)4;;;/h13-20,23-28,37-38,47-48H,21-22H2,1-12H3;2*1-5H;1H3,(H,3,4);;;/q;;;;2*+2;/t37-,38-;;;;;;/m0....../s1. The van der Waals surface area contributed by atoms with Gasteiger partial charge in [-0.05, 0) is 173 Å². The molecule has 0 aromatic heterocycles. The SMILES string of the molecule is CC(=O)O.CC(C)(C)c1cc(C=N[C@@H](CC[C@H](N=Cc2cc(C(C)(C)C)cc(C(C)(C)C)c2O)[C]2[CH][CH][CH][CH]2)[C]2[CH][CH][CH][CH]2)c(O)c(C(C)(C)C)c1.[CH]1[CH][CH][CH][CH]1.[CH]1[CH][CH][CH][CH]1.[Fe+2].[Fe+2].[Mn]. The average Bonchev–Trinajstić information content (AvgIpc) is 4.02. The van der Waals surface area contributed by atoms with E-state index in [1.807, 2.05) is 76.6 Å². The van der Waals surface area contributed by atoms with Crippen molar-refractivity contribution in [1.82, 2.24) is 0 Å². The number of hydrogen-bond acceptors (Lipinski definition) is 5. The number of carbonyl (C=O) groups is 1. The Bertz CT molecular complexity index is 1590. The van der Waals surface area contributed by atoms with E-state index in [1.54, 1.807) is 0 Å². The smallest absolute Gasteiger partial charge is 0.507 e. The molecule has 349 valence electrons. The van der Waals surface area contributed by atoms with Gasteiger partial charge in [0.2, 0.25) is 0 Å². The fraction of sp³-hybridized carbons (Fsp3) is 0.375. The van der Waals surface area contributed by atoms with Crippen LogP contribution in [-0.2, 0) is 77.7 Å². The predicted octanol–water partition coefficient (Wildman–Crippen LogP) is 12.3. The van der Waals surface area contributed by atoms with Crippen LogP contribution in [0.3, 0.4) is 0 Å². The van der Waals surface area contributed by atoms with Gasteiger partial charge in [0, 0.05) is 70.5 Å². The molecule has 0 heterocycles. The van der Waals surface area contributed by atoms with E-state index in [9.17, 15) is 10.2 Å². The quantitative estimate of drug-likeness (QED) is 0.172. The van der Waals surface area contributed by atoms with Gasteiger partial charge < -0.3 is 15.3 Å². The Morgan fingerprint density at radius 2 is 0.738 bits per heavy atom. The molecule has 0 spiro atoms. The maximum Gasteiger partial charge on any atom is 2.00 e. The van der Waals surface area contributed by atoms with Gasteiger partial charge in [-0.25, -0.2) is 0 Å². The summed E-state index contributed by atoms with van der Waals surface area (Å²) in [6.45, 7) is 27.1. The molecule has 0 unspecified atom stereocenters. The van der Waals surface area contributed by atoms with E-state index >= 15 is 0 Å².